The van der Waals surface area contributed by atoms with Crippen LogP contribution in [0.4, 0.5) is 18.9 Å². The van der Waals surface area contributed by atoms with Crippen LogP contribution in [0.5, 0.6) is 0 Å². The fraction of sp³-hybridized carbons (Fsp3) is 0.588. The maximum absolute atomic E-state index is 12.9. The van der Waals surface area contributed by atoms with Crippen molar-refractivity contribution in [3.8, 4) is 0 Å². The van der Waals surface area contributed by atoms with E-state index in [4.69, 9.17) is 16.3 Å². The largest absolute Gasteiger partial charge is 0.416 e. The fourth-order valence-corrected chi connectivity index (χ4v) is 3.54. The summed E-state index contributed by atoms with van der Waals surface area (Å²) in [5.74, 6) is 0.121. The molecule has 2 fully saturated rings. The van der Waals surface area contributed by atoms with Crippen molar-refractivity contribution in [1.82, 2.24) is 4.90 Å². The highest BCUT2D eigenvalue weighted by atomic mass is 35.5. The van der Waals surface area contributed by atoms with E-state index in [-0.39, 0.29) is 16.8 Å². The molecular formula is C17H20ClF3N2O2. The van der Waals surface area contributed by atoms with Crippen LogP contribution in [0.25, 0.3) is 0 Å². The predicted octanol–water partition coefficient (Wildman–Crippen LogP) is 3.43. The van der Waals surface area contributed by atoms with Gasteiger partial charge in [-0.3, -0.25) is 4.79 Å². The lowest BCUT2D eigenvalue weighted by Gasteiger charge is -2.38. The molecule has 25 heavy (non-hydrogen) atoms. The Kier molecular flexibility index (Phi) is 5.43. The number of ether oxygens (including phenoxy) is 1. The molecule has 0 atom stereocenters. The first kappa shape index (κ1) is 18.3. The van der Waals surface area contributed by atoms with E-state index in [9.17, 15) is 18.0 Å². The number of carbonyl (C=O) groups is 1. The number of alkyl halides is 3. The molecule has 3 rings (SSSR count). The molecule has 4 nitrogen and oxygen atoms in total. The van der Waals surface area contributed by atoms with E-state index in [0.29, 0.717) is 45.1 Å². The highest BCUT2D eigenvalue weighted by Crippen LogP contribution is 2.35. The Labute approximate surface area is 149 Å². The number of rotatable bonds is 2. The van der Waals surface area contributed by atoms with E-state index in [0.717, 1.165) is 25.0 Å². The second kappa shape index (κ2) is 7.41. The molecule has 0 N–H and O–H groups in total. The van der Waals surface area contributed by atoms with Gasteiger partial charge in [-0.05, 0) is 31.0 Å². The van der Waals surface area contributed by atoms with Gasteiger partial charge in [0.1, 0.15) is 0 Å². The quantitative estimate of drug-likeness (QED) is 0.792. The number of piperazine rings is 1. The third-order valence-electron chi connectivity index (χ3n) is 4.78. The van der Waals surface area contributed by atoms with Crippen LogP contribution in [0, 0.1) is 5.92 Å². The molecule has 1 amide bonds. The molecule has 0 aliphatic carbocycles. The summed E-state index contributed by atoms with van der Waals surface area (Å²) in [6.45, 7) is 3.13. The highest BCUT2D eigenvalue weighted by molar-refractivity contribution is 6.33. The van der Waals surface area contributed by atoms with Crippen molar-refractivity contribution in [3.63, 3.8) is 0 Å². The second-order valence-corrected chi connectivity index (χ2v) is 6.77. The van der Waals surface area contributed by atoms with E-state index in [1.54, 1.807) is 4.90 Å². The molecular weight excluding hydrogens is 357 g/mol. The number of hydrogen-bond acceptors (Lipinski definition) is 3. The zero-order valence-electron chi connectivity index (χ0n) is 13.7. The Hall–Kier alpha value is -1.47. The van der Waals surface area contributed by atoms with E-state index in [1.165, 1.54) is 6.07 Å². The average molecular weight is 377 g/mol. The van der Waals surface area contributed by atoms with Crippen LogP contribution < -0.4 is 4.90 Å². The lowest BCUT2D eigenvalue weighted by atomic mass is 9.98. The number of amides is 1. The Balaban J connectivity index is 1.65. The molecule has 0 spiro atoms. The lowest BCUT2D eigenvalue weighted by Crippen LogP contribution is -2.51. The zero-order chi connectivity index (χ0) is 18.0. The number of benzene rings is 1. The lowest BCUT2D eigenvalue weighted by molar-refractivity contribution is -0.139. The summed E-state index contributed by atoms with van der Waals surface area (Å²) >= 11 is 6.10. The average Bonchev–Trinajstić information content (AvgIpc) is 2.61. The van der Waals surface area contributed by atoms with Crippen LogP contribution in [0.1, 0.15) is 18.4 Å². The maximum atomic E-state index is 12.9. The molecule has 0 bridgehead atoms. The van der Waals surface area contributed by atoms with Crippen LogP contribution in [0.2, 0.25) is 5.02 Å². The molecule has 8 heteroatoms. The van der Waals surface area contributed by atoms with Crippen LogP contribution in [-0.2, 0) is 15.7 Å². The number of anilines is 1. The summed E-state index contributed by atoms with van der Waals surface area (Å²) in [6.07, 6.45) is -2.93. The third-order valence-corrected chi connectivity index (χ3v) is 5.10. The molecule has 0 aromatic heterocycles. The van der Waals surface area contributed by atoms with E-state index in [1.807, 2.05) is 4.90 Å². The third kappa shape index (κ3) is 4.20. The van der Waals surface area contributed by atoms with Crippen molar-refractivity contribution < 1.29 is 22.7 Å². The molecule has 2 heterocycles. The monoisotopic (exact) mass is 376 g/mol. The van der Waals surface area contributed by atoms with Gasteiger partial charge in [0.05, 0.1) is 16.3 Å². The molecule has 0 radical (unpaired) electrons. The van der Waals surface area contributed by atoms with Crippen molar-refractivity contribution in [2.24, 2.45) is 5.92 Å². The van der Waals surface area contributed by atoms with Crippen LogP contribution in [0.3, 0.4) is 0 Å². The van der Waals surface area contributed by atoms with Gasteiger partial charge in [0.2, 0.25) is 5.91 Å². The van der Waals surface area contributed by atoms with Crippen molar-refractivity contribution in [2.45, 2.75) is 19.0 Å². The zero-order valence-corrected chi connectivity index (χ0v) is 14.4. The van der Waals surface area contributed by atoms with Crippen LogP contribution in [0.15, 0.2) is 18.2 Å². The van der Waals surface area contributed by atoms with Crippen LogP contribution >= 0.6 is 11.6 Å². The number of halogens is 4. The number of nitrogens with zero attached hydrogens (tertiary/aromatic N) is 2. The molecule has 0 saturated carbocycles. The van der Waals surface area contributed by atoms with Gasteiger partial charge in [-0.2, -0.15) is 13.2 Å². The normalized spacial score (nSPS) is 20.0. The van der Waals surface area contributed by atoms with Crippen LogP contribution in [-0.4, -0.2) is 50.2 Å². The Morgan fingerprint density at radius 1 is 1.12 bits per heavy atom. The first-order chi connectivity index (χ1) is 11.9. The summed E-state index contributed by atoms with van der Waals surface area (Å²) in [5, 5.41) is 0.289. The SMILES string of the molecule is O=C(C1CCOCC1)N1CCN(c2cc(C(F)(F)F)ccc2Cl)CC1. The minimum atomic E-state index is -4.40. The summed E-state index contributed by atoms with van der Waals surface area (Å²) in [4.78, 5) is 16.1. The summed E-state index contributed by atoms with van der Waals surface area (Å²) in [5.41, 5.74) is -0.345. The predicted molar refractivity (Wildman–Crippen MR) is 88.8 cm³/mol. The maximum Gasteiger partial charge on any atom is 0.416 e. The summed E-state index contributed by atoms with van der Waals surface area (Å²) < 4.78 is 44.0. The molecule has 2 aliphatic rings. The first-order valence-corrected chi connectivity index (χ1v) is 8.72. The van der Waals surface area contributed by atoms with Gasteiger partial charge < -0.3 is 14.5 Å². The van der Waals surface area contributed by atoms with Gasteiger partial charge >= 0.3 is 6.18 Å². The molecule has 1 aromatic carbocycles. The van der Waals surface area contributed by atoms with Crippen molar-refractivity contribution in [2.75, 3.05) is 44.3 Å². The van der Waals surface area contributed by atoms with Gasteiger partial charge in [0.25, 0.3) is 0 Å². The minimum absolute atomic E-state index is 0.00237. The van der Waals surface area contributed by atoms with E-state index >= 15 is 0 Å². The smallest absolute Gasteiger partial charge is 0.381 e. The number of carbonyl (C=O) groups excluding carboxylic acids is 1. The summed E-state index contributed by atoms with van der Waals surface area (Å²) in [6, 6.07) is 3.34. The van der Waals surface area contributed by atoms with Gasteiger partial charge in [-0.25, -0.2) is 0 Å². The summed E-state index contributed by atoms with van der Waals surface area (Å²) in [7, 11) is 0. The first-order valence-electron chi connectivity index (χ1n) is 8.34. The van der Waals surface area contributed by atoms with Crippen molar-refractivity contribution in [3.05, 3.63) is 28.8 Å². The standard InChI is InChI=1S/C17H20ClF3N2O2/c18-14-2-1-13(17(19,20)21)11-15(14)22-5-7-23(8-6-22)16(24)12-3-9-25-10-4-12/h1-2,11-12H,3-10H2. The Morgan fingerprint density at radius 3 is 2.36 bits per heavy atom. The van der Waals surface area contributed by atoms with E-state index < -0.39 is 11.7 Å². The second-order valence-electron chi connectivity index (χ2n) is 6.36. The number of hydrogen-bond donors (Lipinski definition) is 0. The van der Waals surface area contributed by atoms with Gasteiger partial charge in [0, 0.05) is 45.3 Å². The molecule has 1 aromatic rings. The van der Waals surface area contributed by atoms with E-state index in [2.05, 4.69) is 0 Å². The highest BCUT2D eigenvalue weighted by Gasteiger charge is 2.33. The molecule has 0 unspecified atom stereocenters. The fourth-order valence-electron chi connectivity index (χ4n) is 3.30. The van der Waals surface area contributed by atoms with Gasteiger partial charge in [-0.1, -0.05) is 11.6 Å². The molecule has 2 saturated heterocycles. The van der Waals surface area contributed by atoms with Gasteiger partial charge in [0.15, 0.2) is 0 Å². The molecule has 138 valence electrons. The topological polar surface area (TPSA) is 32.8 Å². The Morgan fingerprint density at radius 2 is 1.76 bits per heavy atom. The Bertz CT molecular complexity index is 625. The van der Waals surface area contributed by atoms with Crippen molar-refractivity contribution in [1.29, 1.82) is 0 Å². The van der Waals surface area contributed by atoms with Crippen molar-refractivity contribution >= 4 is 23.2 Å². The molecule has 2 aliphatic heterocycles. The van der Waals surface area contributed by atoms with Gasteiger partial charge in [-0.15, -0.1) is 0 Å². The minimum Gasteiger partial charge on any atom is -0.381 e.